The fraction of sp³-hybridized carbons (Fsp3) is 0.385. The van der Waals surface area contributed by atoms with Gasteiger partial charge in [-0.3, -0.25) is 14.2 Å². The maximum absolute atomic E-state index is 12.0. The molecule has 2 aromatic heterocycles. The van der Waals surface area contributed by atoms with Crippen LogP contribution in [0, 0.1) is 13.8 Å². The van der Waals surface area contributed by atoms with Gasteiger partial charge < -0.3 is 10.1 Å². The molecule has 0 aliphatic carbocycles. The van der Waals surface area contributed by atoms with Crippen molar-refractivity contribution >= 4 is 17.3 Å². The van der Waals surface area contributed by atoms with Gasteiger partial charge in [-0.15, -0.1) is 0 Å². The molecule has 0 amide bonds. The second kappa shape index (κ2) is 5.65. The van der Waals surface area contributed by atoms with E-state index in [9.17, 15) is 19.5 Å². The van der Waals surface area contributed by atoms with Gasteiger partial charge in [0.25, 0.3) is 0 Å². The third-order valence-corrected chi connectivity index (χ3v) is 4.10. The largest absolute Gasteiger partial charge is 0.481 e. The van der Waals surface area contributed by atoms with Crippen molar-refractivity contribution in [2.45, 2.75) is 33.2 Å². The van der Waals surface area contributed by atoms with Crippen molar-refractivity contribution in [3.8, 4) is 0 Å². The van der Waals surface area contributed by atoms with E-state index in [-0.39, 0.29) is 11.4 Å². The monoisotopic (exact) mass is 309 g/mol. The molecule has 2 N–H and O–H groups in total. The number of aliphatic carboxylic acids is 1. The van der Waals surface area contributed by atoms with Crippen molar-refractivity contribution < 1.29 is 9.90 Å². The van der Waals surface area contributed by atoms with Crippen LogP contribution in [-0.4, -0.2) is 25.6 Å². The Hall–Kier alpha value is -2.22. The smallest absolute Gasteiger partial charge is 0.348 e. The summed E-state index contributed by atoms with van der Waals surface area (Å²) in [7, 11) is 0. The second-order valence-electron chi connectivity index (χ2n) is 4.80. The first-order valence-corrected chi connectivity index (χ1v) is 7.16. The van der Waals surface area contributed by atoms with Crippen molar-refractivity contribution in [3.05, 3.63) is 48.2 Å². The van der Waals surface area contributed by atoms with Crippen molar-refractivity contribution in [2.24, 2.45) is 0 Å². The Balaban J connectivity index is 2.56. The number of carboxylic acids is 1. The van der Waals surface area contributed by atoms with E-state index in [1.807, 2.05) is 0 Å². The number of hydrogen-bond acceptors (Lipinski definition) is 5. The summed E-state index contributed by atoms with van der Waals surface area (Å²) in [5, 5.41) is 10.8. The summed E-state index contributed by atoms with van der Waals surface area (Å²) in [5.41, 5.74) is 1.63. The Labute approximate surface area is 123 Å². The highest BCUT2D eigenvalue weighted by molar-refractivity contribution is 7.07. The molecule has 0 aromatic carbocycles. The van der Waals surface area contributed by atoms with Crippen LogP contribution in [0.15, 0.2) is 15.0 Å². The van der Waals surface area contributed by atoms with Crippen molar-refractivity contribution in [2.75, 3.05) is 0 Å². The van der Waals surface area contributed by atoms with Crippen LogP contribution in [0.3, 0.4) is 0 Å². The predicted molar refractivity (Wildman–Crippen MR) is 78.1 cm³/mol. The average molecular weight is 309 g/mol. The maximum atomic E-state index is 12.0. The minimum absolute atomic E-state index is 0.163. The molecule has 0 aliphatic rings. The molecule has 0 radical (unpaired) electrons. The number of aromatic nitrogens is 3. The zero-order valence-corrected chi connectivity index (χ0v) is 12.7. The van der Waals surface area contributed by atoms with Crippen LogP contribution < -0.4 is 10.6 Å². The highest BCUT2D eigenvalue weighted by Gasteiger charge is 2.22. The third-order valence-electron chi connectivity index (χ3n) is 3.38. The number of carboxylic acid groups (broad SMARTS) is 1. The molecule has 2 aromatic rings. The van der Waals surface area contributed by atoms with Crippen LogP contribution in [0.4, 0.5) is 0 Å². The summed E-state index contributed by atoms with van der Waals surface area (Å²) in [5.74, 6) is -1.73. The number of rotatable bonds is 4. The SMILES string of the molecule is Cc1nc(=O)n(Cc2csc(=O)[nH]2)c(C)c1C(C)C(=O)O. The fourth-order valence-corrected chi connectivity index (χ4v) is 2.89. The standard InChI is InChI=1S/C13H15N3O4S/c1-6(11(17)18)10-7(2)14-12(19)16(8(10)3)4-9-5-21-13(20)15-9/h5-6H,4H2,1-3H3,(H,15,20)(H,17,18). The third kappa shape index (κ3) is 2.94. The number of aryl methyl sites for hydroxylation is 1. The number of H-pyrrole nitrogens is 1. The van der Waals surface area contributed by atoms with E-state index >= 15 is 0 Å². The number of hydrogen-bond donors (Lipinski definition) is 2. The van der Waals surface area contributed by atoms with Crippen LogP contribution >= 0.6 is 11.3 Å². The zero-order chi connectivity index (χ0) is 15.7. The predicted octanol–water partition coefficient (Wildman–Crippen LogP) is 0.846. The molecule has 21 heavy (non-hydrogen) atoms. The highest BCUT2D eigenvalue weighted by atomic mass is 32.1. The van der Waals surface area contributed by atoms with Crippen molar-refractivity contribution in [3.63, 3.8) is 0 Å². The molecule has 0 aliphatic heterocycles. The summed E-state index contributed by atoms with van der Waals surface area (Å²) in [6.45, 7) is 5.03. The normalized spacial score (nSPS) is 12.3. The molecule has 1 atom stereocenters. The number of nitrogens with zero attached hydrogens (tertiary/aromatic N) is 2. The van der Waals surface area contributed by atoms with Gasteiger partial charge in [0.15, 0.2) is 0 Å². The quantitative estimate of drug-likeness (QED) is 0.871. The number of carbonyl (C=O) groups is 1. The van der Waals surface area contributed by atoms with E-state index in [1.54, 1.807) is 26.2 Å². The second-order valence-corrected chi connectivity index (χ2v) is 5.64. The van der Waals surface area contributed by atoms with Gasteiger partial charge >= 0.3 is 16.5 Å². The lowest BCUT2D eigenvalue weighted by Crippen LogP contribution is -2.30. The topological polar surface area (TPSA) is 105 Å². The van der Waals surface area contributed by atoms with Gasteiger partial charge in [0.05, 0.1) is 12.5 Å². The molecule has 0 saturated heterocycles. The Morgan fingerprint density at radius 1 is 1.48 bits per heavy atom. The molecule has 2 rings (SSSR count). The van der Waals surface area contributed by atoms with E-state index in [4.69, 9.17) is 0 Å². The van der Waals surface area contributed by atoms with Gasteiger partial charge in [0, 0.05) is 28.0 Å². The number of thiazole rings is 1. The molecular weight excluding hydrogens is 294 g/mol. The summed E-state index contributed by atoms with van der Waals surface area (Å²) < 4.78 is 1.37. The fourth-order valence-electron chi connectivity index (χ4n) is 2.31. The van der Waals surface area contributed by atoms with Gasteiger partial charge in [-0.05, 0) is 20.8 Å². The summed E-state index contributed by atoms with van der Waals surface area (Å²) in [6.07, 6.45) is 0. The van der Waals surface area contributed by atoms with E-state index < -0.39 is 17.6 Å². The lowest BCUT2D eigenvalue weighted by Gasteiger charge is -2.17. The van der Waals surface area contributed by atoms with E-state index in [2.05, 4.69) is 9.97 Å². The summed E-state index contributed by atoms with van der Waals surface area (Å²) in [4.78, 5) is 40.7. The van der Waals surface area contributed by atoms with Gasteiger partial charge in [-0.1, -0.05) is 11.3 Å². The van der Waals surface area contributed by atoms with Crippen LogP contribution in [0.5, 0.6) is 0 Å². The molecule has 7 nitrogen and oxygen atoms in total. The molecule has 0 fully saturated rings. The Bertz CT molecular complexity index is 802. The number of aromatic amines is 1. The van der Waals surface area contributed by atoms with E-state index in [1.165, 1.54) is 4.57 Å². The lowest BCUT2D eigenvalue weighted by molar-refractivity contribution is -0.138. The maximum Gasteiger partial charge on any atom is 0.348 e. The minimum Gasteiger partial charge on any atom is -0.481 e. The highest BCUT2D eigenvalue weighted by Crippen LogP contribution is 2.21. The Kier molecular flexibility index (Phi) is 4.08. The van der Waals surface area contributed by atoms with Crippen LogP contribution in [-0.2, 0) is 11.3 Å². The zero-order valence-electron chi connectivity index (χ0n) is 11.8. The average Bonchev–Trinajstić information content (AvgIpc) is 2.79. The number of nitrogens with one attached hydrogen (secondary N) is 1. The molecule has 1 unspecified atom stereocenters. The summed E-state index contributed by atoms with van der Waals surface area (Å²) >= 11 is 1.01. The molecule has 0 saturated carbocycles. The van der Waals surface area contributed by atoms with Gasteiger partial charge in [-0.25, -0.2) is 4.79 Å². The minimum atomic E-state index is -0.975. The molecule has 112 valence electrons. The first-order valence-electron chi connectivity index (χ1n) is 6.28. The summed E-state index contributed by atoms with van der Waals surface area (Å²) in [6, 6.07) is 0. The lowest BCUT2D eigenvalue weighted by atomic mass is 9.98. The molecule has 8 heteroatoms. The first-order chi connectivity index (χ1) is 9.81. The molecule has 0 spiro atoms. The van der Waals surface area contributed by atoms with Crippen molar-refractivity contribution in [1.29, 1.82) is 0 Å². The van der Waals surface area contributed by atoms with Crippen molar-refractivity contribution in [1.82, 2.24) is 14.5 Å². The van der Waals surface area contributed by atoms with Gasteiger partial charge in [0.2, 0.25) is 0 Å². The van der Waals surface area contributed by atoms with Crippen LogP contribution in [0.1, 0.15) is 35.5 Å². The molecular formula is C13H15N3O4S. The van der Waals surface area contributed by atoms with Crippen LogP contribution in [0.2, 0.25) is 0 Å². The van der Waals surface area contributed by atoms with E-state index in [0.717, 1.165) is 11.3 Å². The molecule has 0 bridgehead atoms. The van der Waals surface area contributed by atoms with Gasteiger partial charge in [0.1, 0.15) is 0 Å². The molecule has 2 heterocycles. The van der Waals surface area contributed by atoms with Crippen LogP contribution in [0.25, 0.3) is 0 Å². The Morgan fingerprint density at radius 2 is 2.14 bits per heavy atom. The Morgan fingerprint density at radius 3 is 2.67 bits per heavy atom. The van der Waals surface area contributed by atoms with E-state index in [0.29, 0.717) is 22.6 Å². The van der Waals surface area contributed by atoms with Gasteiger partial charge in [-0.2, -0.15) is 4.98 Å². The first kappa shape index (κ1) is 15.2.